The average Bonchev–Trinajstić information content (AvgIpc) is 2.39. The topological polar surface area (TPSA) is 44.3 Å². The summed E-state index contributed by atoms with van der Waals surface area (Å²) in [5, 5.41) is 0.00785. The Balaban J connectivity index is 3.07. The molecule has 0 aliphatic rings. The van der Waals surface area contributed by atoms with Crippen molar-refractivity contribution in [3.8, 4) is 0 Å². The smallest absolute Gasteiger partial charge is 0.192 e. The van der Waals surface area contributed by atoms with Crippen LogP contribution in [0.25, 0.3) is 0 Å². The van der Waals surface area contributed by atoms with Gasteiger partial charge in [0.1, 0.15) is 16.4 Å². The summed E-state index contributed by atoms with van der Waals surface area (Å²) in [5.74, 6) is -1.31. The fraction of sp³-hybridized carbons (Fsp3) is 0.667. The van der Waals surface area contributed by atoms with Crippen LogP contribution in [0.2, 0.25) is 18.1 Å². The van der Waals surface area contributed by atoms with Crippen LogP contribution in [0.5, 0.6) is 0 Å². The van der Waals surface area contributed by atoms with Gasteiger partial charge in [0.25, 0.3) is 0 Å². The molecular weight excluding hydrogens is 360 g/mol. The van der Waals surface area contributed by atoms with Gasteiger partial charge in [0.2, 0.25) is 0 Å². The van der Waals surface area contributed by atoms with E-state index in [9.17, 15) is 13.3 Å². The molecule has 3 nitrogen and oxygen atoms in total. The Morgan fingerprint density at radius 3 is 1.96 bits per heavy atom. The average molecular weight is 392 g/mol. The van der Waals surface area contributed by atoms with Gasteiger partial charge in [-0.05, 0) is 56.6 Å². The second kappa shape index (κ2) is 8.04. The minimum absolute atomic E-state index is 0.00785. The maximum absolute atomic E-state index is 13.6. The van der Waals surface area contributed by atoms with Crippen molar-refractivity contribution in [2.24, 2.45) is 0 Å². The molecule has 144 valence electrons. The summed E-state index contributed by atoms with van der Waals surface area (Å²) < 4.78 is 48.5. The van der Waals surface area contributed by atoms with Crippen molar-refractivity contribution in [2.75, 3.05) is 6.61 Å². The molecule has 1 rings (SSSR count). The van der Waals surface area contributed by atoms with Gasteiger partial charge in [-0.25, -0.2) is 8.78 Å². The standard InChI is InChI=1S/C18H31F2NO2SSi/c1-17(2,3)24(22)21-16(12-23-25(7,8)18(4,5)6)13-9-14(19)11-15(20)10-13/h9-11,16,21H,12H2,1-8H3/t16-,24?/m1/s1. The second-order valence-corrected chi connectivity index (χ2v) is 15.6. The Bertz CT molecular complexity index is 565. The Labute approximate surface area is 155 Å². The number of hydrogen-bond acceptors (Lipinski definition) is 3. The molecule has 7 heteroatoms. The second-order valence-electron chi connectivity index (χ2n) is 8.83. The first kappa shape index (κ1) is 22.6. The molecule has 1 unspecified atom stereocenters. The molecule has 2 atom stereocenters. The van der Waals surface area contributed by atoms with E-state index in [1.54, 1.807) is 0 Å². The van der Waals surface area contributed by atoms with Crippen LogP contribution in [0.15, 0.2) is 18.2 Å². The Morgan fingerprint density at radius 2 is 1.56 bits per heavy atom. The third kappa shape index (κ3) is 6.64. The van der Waals surface area contributed by atoms with Gasteiger partial charge in [-0.1, -0.05) is 20.8 Å². The quantitative estimate of drug-likeness (QED) is 0.543. The SMILES string of the molecule is CC(C)(C)[S+]([O-])N[C@H](CO[Si](C)(C)C(C)(C)C)c1cc(F)cc(F)c1. The van der Waals surface area contributed by atoms with E-state index in [0.29, 0.717) is 5.56 Å². The third-order valence-corrected chi connectivity index (χ3v) is 10.6. The summed E-state index contributed by atoms with van der Waals surface area (Å²) in [5.41, 5.74) is 0.397. The van der Waals surface area contributed by atoms with Crippen molar-refractivity contribution >= 4 is 19.7 Å². The number of halogens is 2. The van der Waals surface area contributed by atoms with Crippen molar-refractivity contribution in [2.45, 2.75) is 70.5 Å². The van der Waals surface area contributed by atoms with E-state index in [1.807, 2.05) is 20.8 Å². The normalized spacial score (nSPS) is 16.0. The molecule has 0 fully saturated rings. The predicted octanol–water partition coefficient (Wildman–Crippen LogP) is 5.08. The molecule has 1 aromatic carbocycles. The van der Waals surface area contributed by atoms with Crippen LogP contribution in [0.4, 0.5) is 8.78 Å². The monoisotopic (exact) mass is 391 g/mol. The molecule has 1 aromatic rings. The number of hydrogen-bond donors (Lipinski definition) is 1. The van der Waals surface area contributed by atoms with Crippen molar-refractivity contribution in [3.63, 3.8) is 0 Å². The van der Waals surface area contributed by atoms with Gasteiger partial charge in [0, 0.05) is 17.4 Å². The number of benzene rings is 1. The fourth-order valence-corrected chi connectivity index (χ4v) is 3.62. The summed E-state index contributed by atoms with van der Waals surface area (Å²) in [6.45, 7) is 16.3. The van der Waals surface area contributed by atoms with E-state index in [-0.39, 0.29) is 11.6 Å². The van der Waals surface area contributed by atoms with Crippen LogP contribution < -0.4 is 4.72 Å². The van der Waals surface area contributed by atoms with Crippen molar-refractivity contribution in [1.29, 1.82) is 0 Å². The van der Waals surface area contributed by atoms with Gasteiger partial charge >= 0.3 is 0 Å². The van der Waals surface area contributed by atoms with Crippen LogP contribution in [0.3, 0.4) is 0 Å². The lowest BCUT2D eigenvalue weighted by Crippen LogP contribution is -2.46. The molecule has 0 bridgehead atoms. The van der Waals surface area contributed by atoms with Crippen LogP contribution in [-0.2, 0) is 15.8 Å². The lowest BCUT2D eigenvalue weighted by molar-refractivity contribution is 0.255. The maximum atomic E-state index is 13.6. The third-order valence-electron chi connectivity index (χ3n) is 4.51. The summed E-state index contributed by atoms with van der Waals surface area (Å²) in [4.78, 5) is 0. The van der Waals surface area contributed by atoms with Crippen molar-refractivity contribution in [1.82, 2.24) is 4.72 Å². The highest BCUT2D eigenvalue weighted by molar-refractivity contribution is 7.90. The van der Waals surface area contributed by atoms with Crippen molar-refractivity contribution in [3.05, 3.63) is 35.4 Å². The van der Waals surface area contributed by atoms with E-state index in [1.165, 1.54) is 12.1 Å². The largest absolute Gasteiger partial charge is 0.598 e. The van der Waals surface area contributed by atoms with Gasteiger partial charge < -0.3 is 8.98 Å². The van der Waals surface area contributed by atoms with Gasteiger partial charge in [-0.15, -0.1) is 4.72 Å². The minimum atomic E-state index is -2.05. The molecule has 0 saturated heterocycles. The van der Waals surface area contributed by atoms with Gasteiger partial charge in [-0.3, -0.25) is 0 Å². The Kier molecular flexibility index (Phi) is 7.26. The van der Waals surface area contributed by atoms with Crippen molar-refractivity contribution < 1.29 is 17.8 Å². The minimum Gasteiger partial charge on any atom is -0.598 e. The fourth-order valence-electron chi connectivity index (χ4n) is 1.79. The van der Waals surface area contributed by atoms with Crippen LogP contribution >= 0.6 is 0 Å². The van der Waals surface area contributed by atoms with E-state index in [0.717, 1.165) is 6.07 Å². The van der Waals surface area contributed by atoms with E-state index in [4.69, 9.17) is 4.43 Å². The Hall–Kier alpha value is -0.473. The highest BCUT2D eigenvalue weighted by atomic mass is 32.2. The zero-order chi connectivity index (χ0) is 19.6. The molecule has 1 N–H and O–H groups in total. The highest BCUT2D eigenvalue weighted by Gasteiger charge is 2.38. The molecule has 0 heterocycles. The van der Waals surface area contributed by atoms with E-state index >= 15 is 0 Å². The Morgan fingerprint density at radius 1 is 1.08 bits per heavy atom. The molecule has 0 aliphatic carbocycles. The summed E-state index contributed by atoms with van der Waals surface area (Å²) in [7, 11) is -2.05. The van der Waals surface area contributed by atoms with E-state index < -0.39 is 42.1 Å². The van der Waals surface area contributed by atoms with Crippen LogP contribution in [0, 0.1) is 11.6 Å². The highest BCUT2D eigenvalue weighted by Crippen LogP contribution is 2.37. The maximum Gasteiger partial charge on any atom is 0.192 e. The van der Waals surface area contributed by atoms with Gasteiger partial charge in [0.15, 0.2) is 8.32 Å². The molecule has 0 aliphatic heterocycles. The molecule has 25 heavy (non-hydrogen) atoms. The van der Waals surface area contributed by atoms with Gasteiger partial charge in [-0.2, -0.15) is 0 Å². The summed E-state index contributed by atoms with van der Waals surface area (Å²) in [6.07, 6.45) is 0. The van der Waals surface area contributed by atoms with Crippen LogP contribution in [-0.4, -0.2) is 24.2 Å². The molecular formula is C18H31F2NO2SSi. The number of nitrogens with one attached hydrogen (secondary N) is 1. The molecule has 0 saturated carbocycles. The van der Waals surface area contributed by atoms with E-state index in [2.05, 4.69) is 38.6 Å². The zero-order valence-corrected chi connectivity index (χ0v) is 18.3. The predicted molar refractivity (Wildman–Crippen MR) is 103 cm³/mol. The van der Waals surface area contributed by atoms with Crippen LogP contribution in [0.1, 0.15) is 53.1 Å². The molecule has 0 spiro atoms. The first-order chi connectivity index (χ1) is 11.1. The lowest BCUT2D eigenvalue weighted by atomic mass is 10.1. The first-order valence-electron chi connectivity index (χ1n) is 8.41. The van der Waals surface area contributed by atoms with Gasteiger partial charge in [0.05, 0.1) is 12.6 Å². The molecule has 0 radical (unpaired) electrons. The number of rotatable bonds is 6. The molecule has 0 amide bonds. The lowest BCUT2D eigenvalue weighted by Gasteiger charge is -2.37. The summed E-state index contributed by atoms with van der Waals surface area (Å²) in [6, 6.07) is 2.79. The zero-order valence-electron chi connectivity index (χ0n) is 16.5. The first-order valence-corrected chi connectivity index (χ1v) is 12.5. The summed E-state index contributed by atoms with van der Waals surface area (Å²) >= 11 is -1.39. The molecule has 0 aromatic heterocycles.